The SMILES string of the molecule is CCC(c1ccc(F)cc1)N(Cc1cccc(F)c1)C(=O)CCCc1nc2ccccc2c(=O)[nH]1. The molecule has 4 aromatic rings. The van der Waals surface area contributed by atoms with E-state index in [2.05, 4.69) is 9.97 Å². The molecule has 180 valence electrons. The summed E-state index contributed by atoms with van der Waals surface area (Å²) in [6, 6.07) is 19.1. The van der Waals surface area contributed by atoms with E-state index in [9.17, 15) is 18.4 Å². The van der Waals surface area contributed by atoms with Gasteiger partial charge in [-0.15, -0.1) is 0 Å². The quantitative estimate of drug-likeness (QED) is 0.338. The standard InChI is InChI=1S/C28H27F2N3O2/c1-2-25(20-13-15-21(29)16-14-20)33(18-19-7-5-8-22(30)17-19)27(34)12-6-11-26-31-24-10-4-3-9-23(24)28(35)32-26/h3-5,7-10,13-17,25H,2,6,11-12,18H2,1H3,(H,31,32,35). The maximum absolute atomic E-state index is 13.8. The molecule has 1 unspecified atom stereocenters. The van der Waals surface area contributed by atoms with Crippen LogP contribution < -0.4 is 5.56 Å². The number of para-hydroxylation sites is 1. The van der Waals surface area contributed by atoms with Gasteiger partial charge in [0.2, 0.25) is 5.91 Å². The van der Waals surface area contributed by atoms with Crippen LogP contribution in [0.2, 0.25) is 0 Å². The molecule has 0 saturated carbocycles. The number of H-pyrrole nitrogens is 1. The Morgan fingerprint density at radius 2 is 1.77 bits per heavy atom. The highest BCUT2D eigenvalue weighted by molar-refractivity contribution is 5.77. The minimum Gasteiger partial charge on any atom is -0.331 e. The number of aromatic amines is 1. The van der Waals surface area contributed by atoms with Gasteiger partial charge in [0.15, 0.2) is 0 Å². The average molecular weight is 476 g/mol. The van der Waals surface area contributed by atoms with Gasteiger partial charge in [0.1, 0.15) is 17.5 Å². The molecule has 35 heavy (non-hydrogen) atoms. The van der Waals surface area contributed by atoms with E-state index >= 15 is 0 Å². The third kappa shape index (κ3) is 5.98. The summed E-state index contributed by atoms with van der Waals surface area (Å²) < 4.78 is 27.3. The number of carbonyl (C=O) groups is 1. The number of halogens is 2. The Balaban J connectivity index is 1.52. The fraction of sp³-hybridized carbons (Fsp3) is 0.250. The number of fused-ring (bicyclic) bond motifs is 1. The van der Waals surface area contributed by atoms with Crippen LogP contribution >= 0.6 is 0 Å². The predicted molar refractivity (Wildman–Crippen MR) is 132 cm³/mol. The minimum atomic E-state index is -0.365. The van der Waals surface area contributed by atoms with Crippen LogP contribution in [0, 0.1) is 11.6 Å². The van der Waals surface area contributed by atoms with E-state index < -0.39 is 0 Å². The van der Waals surface area contributed by atoms with Gasteiger partial charge >= 0.3 is 0 Å². The van der Waals surface area contributed by atoms with Crippen LogP contribution in [-0.2, 0) is 17.8 Å². The van der Waals surface area contributed by atoms with Crippen LogP contribution in [0.3, 0.4) is 0 Å². The fourth-order valence-electron chi connectivity index (χ4n) is 4.33. The maximum atomic E-state index is 13.8. The highest BCUT2D eigenvalue weighted by Gasteiger charge is 2.24. The fourth-order valence-corrected chi connectivity index (χ4v) is 4.33. The molecule has 1 atom stereocenters. The van der Waals surface area contributed by atoms with Gasteiger partial charge in [-0.1, -0.05) is 43.3 Å². The number of aryl methyl sites for hydroxylation is 1. The molecule has 0 aliphatic rings. The number of carbonyl (C=O) groups excluding carboxylic acids is 1. The zero-order valence-corrected chi connectivity index (χ0v) is 19.5. The zero-order valence-electron chi connectivity index (χ0n) is 19.5. The van der Waals surface area contributed by atoms with Crippen LogP contribution in [0.1, 0.15) is 49.2 Å². The monoisotopic (exact) mass is 475 g/mol. The second-order valence-corrected chi connectivity index (χ2v) is 8.51. The largest absolute Gasteiger partial charge is 0.331 e. The van der Waals surface area contributed by atoms with Crippen molar-refractivity contribution in [2.75, 3.05) is 0 Å². The Morgan fingerprint density at radius 1 is 1.00 bits per heavy atom. The molecule has 0 radical (unpaired) electrons. The Morgan fingerprint density at radius 3 is 2.51 bits per heavy atom. The molecule has 0 saturated heterocycles. The highest BCUT2D eigenvalue weighted by atomic mass is 19.1. The number of amides is 1. The van der Waals surface area contributed by atoms with E-state index in [0.717, 1.165) is 5.56 Å². The molecular formula is C28H27F2N3O2. The number of rotatable bonds is 9. The molecule has 1 N–H and O–H groups in total. The van der Waals surface area contributed by atoms with Crippen LogP contribution in [0.5, 0.6) is 0 Å². The van der Waals surface area contributed by atoms with E-state index in [1.807, 2.05) is 13.0 Å². The molecule has 7 heteroatoms. The van der Waals surface area contributed by atoms with Crippen molar-refractivity contribution in [1.29, 1.82) is 0 Å². The summed E-state index contributed by atoms with van der Waals surface area (Å²) in [7, 11) is 0. The summed E-state index contributed by atoms with van der Waals surface area (Å²) in [4.78, 5) is 34.7. The minimum absolute atomic E-state index is 0.103. The topological polar surface area (TPSA) is 66.1 Å². The van der Waals surface area contributed by atoms with E-state index in [1.54, 1.807) is 47.4 Å². The molecule has 1 amide bonds. The lowest BCUT2D eigenvalue weighted by molar-refractivity contribution is -0.134. The summed E-state index contributed by atoms with van der Waals surface area (Å²) in [5, 5.41) is 0.527. The van der Waals surface area contributed by atoms with Crippen molar-refractivity contribution in [3.05, 3.63) is 112 Å². The number of benzene rings is 3. The van der Waals surface area contributed by atoms with Crippen molar-refractivity contribution in [3.8, 4) is 0 Å². The summed E-state index contributed by atoms with van der Waals surface area (Å²) in [5.41, 5.74) is 1.92. The average Bonchev–Trinajstić information content (AvgIpc) is 2.85. The number of hydrogen-bond donors (Lipinski definition) is 1. The smallest absolute Gasteiger partial charge is 0.258 e. The van der Waals surface area contributed by atoms with Crippen molar-refractivity contribution in [3.63, 3.8) is 0 Å². The van der Waals surface area contributed by atoms with Gasteiger partial charge in [-0.3, -0.25) is 9.59 Å². The molecule has 0 spiro atoms. The summed E-state index contributed by atoms with van der Waals surface area (Å²) in [5.74, 6) is -0.281. The first-order chi connectivity index (χ1) is 16.9. The molecule has 0 aliphatic heterocycles. The van der Waals surface area contributed by atoms with Crippen molar-refractivity contribution in [1.82, 2.24) is 14.9 Å². The molecule has 1 heterocycles. The van der Waals surface area contributed by atoms with Gasteiger partial charge in [-0.25, -0.2) is 13.8 Å². The molecule has 5 nitrogen and oxygen atoms in total. The van der Waals surface area contributed by atoms with E-state index in [-0.39, 0.29) is 42.1 Å². The van der Waals surface area contributed by atoms with Crippen molar-refractivity contribution < 1.29 is 13.6 Å². The van der Waals surface area contributed by atoms with Gasteiger partial charge in [-0.05, 0) is 60.4 Å². The lowest BCUT2D eigenvalue weighted by Crippen LogP contribution is -2.34. The van der Waals surface area contributed by atoms with E-state index in [0.29, 0.717) is 41.6 Å². The van der Waals surface area contributed by atoms with Crippen molar-refractivity contribution in [2.24, 2.45) is 0 Å². The van der Waals surface area contributed by atoms with Crippen LogP contribution in [0.25, 0.3) is 10.9 Å². The Bertz CT molecular complexity index is 1370. The number of nitrogens with zero attached hydrogens (tertiary/aromatic N) is 2. The first kappa shape index (κ1) is 24.3. The van der Waals surface area contributed by atoms with Gasteiger partial charge in [-0.2, -0.15) is 0 Å². The van der Waals surface area contributed by atoms with Gasteiger partial charge in [0.25, 0.3) is 5.56 Å². The van der Waals surface area contributed by atoms with E-state index in [1.165, 1.54) is 24.3 Å². The maximum Gasteiger partial charge on any atom is 0.258 e. The predicted octanol–water partition coefficient (Wildman–Crippen LogP) is 5.70. The third-order valence-electron chi connectivity index (χ3n) is 6.05. The summed E-state index contributed by atoms with van der Waals surface area (Å²) in [6.45, 7) is 2.20. The second kappa shape index (κ2) is 11.0. The van der Waals surface area contributed by atoms with Crippen molar-refractivity contribution >= 4 is 16.8 Å². The number of nitrogens with one attached hydrogen (secondary N) is 1. The Labute approximate surface area is 202 Å². The van der Waals surface area contributed by atoms with Crippen LogP contribution in [0.15, 0.2) is 77.6 Å². The molecule has 4 rings (SSSR count). The molecule has 0 bridgehead atoms. The normalized spacial score (nSPS) is 12.0. The Hall–Kier alpha value is -3.87. The molecule has 0 aliphatic carbocycles. The first-order valence-corrected chi connectivity index (χ1v) is 11.7. The lowest BCUT2D eigenvalue weighted by atomic mass is 10.0. The lowest BCUT2D eigenvalue weighted by Gasteiger charge is -2.32. The summed E-state index contributed by atoms with van der Waals surface area (Å²) in [6.07, 6.45) is 1.77. The first-order valence-electron chi connectivity index (χ1n) is 11.7. The molecule has 1 aromatic heterocycles. The van der Waals surface area contributed by atoms with E-state index in [4.69, 9.17) is 0 Å². The van der Waals surface area contributed by atoms with Gasteiger partial charge in [0, 0.05) is 19.4 Å². The van der Waals surface area contributed by atoms with Gasteiger partial charge < -0.3 is 9.88 Å². The molecule has 0 fully saturated rings. The second-order valence-electron chi connectivity index (χ2n) is 8.51. The highest BCUT2D eigenvalue weighted by Crippen LogP contribution is 2.28. The van der Waals surface area contributed by atoms with Crippen LogP contribution in [0.4, 0.5) is 8.78 Å². The molecule has 3 aromatic carbocycles. The Kier molecular flexibility index (Phi) is 7.65. The zero-order chi connectivity index (χ0) is 24.8. The summed E-state index contributed by atoms with van der Waals surface area (Å²) >= 11 is 0. The number of aromatic nitrogens is 2. The third-order valence-corrected chi connectivity index (χ3v) is 6.05. The number of hydrogen-bond acceptors (Lipinski definition) is 3. The van der Waals surface area contributed by atoms with Crippen LogP contribution in [-0.4, -0.2) is 20.8 Å². The van der Waals surface area contributed by atoms with Gasteiger partial charge in [0.05, 0.1) is 16.9 Å². The molecular weight excluding hydrogens is 448 g/mol. The van der Waals surface area contributed by atoms with Crippen molar-refractivity contribution in [2.45, 2.75) is 45.2 Å².